The Kier molecular flexibility index (Phi) is 6.73. The summed E-state index contributed by atoms with van der Waals surface area (Å²) in [5.41, 5.74) is 7.41. The molecular weight excluding hydrogens is 485 g/mol. The number of nitrogens with two attached hydrogens (primary N) is 1. The van der Waals surface area contributed by atoms with Crippen molar-refractivity contribution in [3.05, 3.63) is 114 Å². The van der Waals surface area contributed by atoms with Crippen molar-refractivity contribution in [3.63, 3.8) is 0 Å². The summed E-state index contributed by atoms with van der Waals surface area (Å²) in [6.45, 7) is 0. The first-order valence-corrected chi connectivity index (χ1v) is 11.8. The normalized spacial score (nSPS) is 11.7. The number of fused-ring (bicyclic) bond motifs is 1. The fourth-order valence-corrected chi connectivity index (χ4v) is 4.29. The molecule has 188 valence electrons. The van der Waals surface area contributed by atoms with Gasteiger partial charge in [0, 0.05) is 29.8 Å². The van der Waals surface area contributed by atoms with Crippen LogP contribution >= 0.6 is 0 Å². The number of nitrogens with zero attached hydrogens (tertiary/aromatic N) is 3. The van der Waals surface area contributed by atoms with Crippen molar-refractivity contribution >= 4 is 28.4 Å². The maximum absolute atomic E-state index is 14.3. The number of carbonyl (C=O) groups excluding carboxylic acids is 3. The SMILES string of the molecule is NC(=O)C(=O)C(Cc1ccccc1)NC(=O)c1cccnc1-n1ccc(-c2ccc(F)c3ccccc23)n1. The van der Waals surface area contributed by atoms with Crippen LogP contribution in [0.25, 0.3) is 27.8 Å². The molecular formula is C29H22FN5O3. The number of halogens is 1. The maximum atomic E-state index is 14.3. The number of hydrogen-bond acceptors (Lipinski definition) is 5. The van der Waals surface area contributed by atoms with Gasteiger partial charge in [-0.3, -0.25) is 14.4 Å². The number of rotatable bonds is 8. The molecule has 2 heterocycles. The predicted octanol–water partition coefficient (Wildman–Crippen LogP) is 3.62. The average Bonchev–Trinajstić information content (AvgIpc) is 3.43. The highest BCUT2D eigenvalue weighted by molar-refractivity contribution is 6.38. The number of pyridine rings is 1. The number of Topliss-reactive ketones (excluding diaryl/α,β-unsaturated/α-hetero) is 1. The van der Waals surface area contributed by atoms with E-state index < -0.39 is 23.6 Å². The fraction of sp³-hybridized carbons (Fsp3) is 0.0690. The second kappa shape index (κ2) is 10.4. The van der Waals surface area contributed by atoms with Crippen LogP contribution in [0.3, 0.4) is 0 Å². The maximum Gasteiger partial charge on any atom is 0.287 e. The number of carbonyl (C=O) groups is 3. The molecule has 8 nitrogen and oxygen atoms in total. The smallest absolute Gasteiger partial charge is 0.287 e. The molecule has 9 heteroatoms. The first-order chi connectivity index (χ1) is 18.4. The third-order valence-corrected chi connectivity index (χ3v) is 6.13. The highest BCUT2D eigenvalue weighted by Gasteiger charge is 2.27. The molecule has 5 rings (SSSR count). The van der Waals surface area contributed by atoms with E-state index >= 15 is 0 Å². The van der Waals surface area contributed by atoms with Crippen LogP contribution in [-0.4, -0.2) is 38.4 Å². The van der Waals surface area contributed by atoms with Crippen LogP contribution in [0.4, 0.5) is 4.39 Å². The molecule has 0 spiro atoms. The van der Waals surface area contributed by atoms with Crippen LogP contribution in [0, 0.1) is 5.82 Å². The lowest BCUT2D eigenvalue weighted by molar-refractivity contribution is -0.137. The van der Waals surface area contributed by atoms with E-state index in [1.165, 1.54) is 16.9 Å². The van der Waals surface area contributed by atoms with E-state index in [0.717, 1.165) is 11.1 Å². The van der Waals surface area contributed by atoms with Crippen molar-refractivity contribution in [2.45, 2.75) is 12.5 Å². The number of hydrogen-bond donors (Lipinski definition) is 2. The van der Waals surface area contributed by atoms with Gasteiger partial charge in [0.2, 0.25) is 5.78 Å². The quantitative estimate of drug-likeness (QED) is 0.311. The molecule has 2 aromatic heterocycles. The van der Waals surface area contributed by atoms with Gasteiger partial charge in [0.1, 0.15) is 11.9 Å². The molecule has 0 aliphatic carbocycles. The van der Waals surface area contributed by atoms with Gasteiger partial charge in [-0.25, -0.2) is 14.1 Å². The van der Waals surface area contributed by atoms with Crippen molar-refractivity contribution in [1.82, 2.24) is 20.1 Å². The Morgan fingerprint density at radius 1 is 0.895 bits per heavy atom. The third-order valence-electron chi connectivity index (χ3n) is 6.13. The molecule has 1 atom stereocenters. The minimum absolute atomic E-state index is 0.0908. The molecule has 0 saturated heterocycles. The molecule has 38 heavy (non-hydrogen) atoms. The van der Waals surface area contributed by atoms with Crippen LogP contribution in [0.2, 0.25) is 0 Å². The molecule has 2 amide bonds. The first-order valence-electron chi connectivity index (χ1n) is 11.8. The van der Waals surface area contributed by atoms with Gasteiger partial charge in [-0.2, -0.15) is 5.10 Å². The Labute approximate surface area is 216 Å². The van der Waals surface area contributed by atoms with Gasteiger partial charge in [0.05, 0.1) is 11.3 Å². The second-order valence-electron chi connectivity index (χ2n) is 8.60. The van der Waals surface area contributed by atoms with Crippen LogP contribution in [0.1, 0.15) is 15.9 Å². The van der Waals surface area contributed by atoms with Crippen molar-refractivity contribution in [1.29, 1.82) is 0 Å². The number of nitrogens with one attached hydrogen (secondary N) is 1. The molecule has 0 aliphatic heterocycles. The van der Waals surface area contributed by atoms with Gasteiger partial charge in [0.15, 0.2) is 5.82 Å². The van der Waals surface area contributed by atoms with Crippen LogP contribution in [0.5, 0.6) is 0 Å². The van der Waals surface area contributed by atoms with Gasteiger partial charge in [0.25, 0.3) is 11.8 Å². The van der Waals surface area contributed by atoms with Gasteiger partial charge in [-0.15, -0.1) is 0 Å². The summed E-state index contributed by atoms with van der Waals surface area (Å²) in [4.78, 5) is 41.8. The van der Waals surface area contributed by atoms with E-state index in [-0.39, 0.29) is 23.6 Å². The van der Waals surface area contributed by atoms with Crippen molar-refractivity contribution in [2.24, 2.45) is 5.73 Å². The van der Waals surface area contributed by atoms with E-state index in [0.29, 0.717) is 16.5 Å². The highest BCUT2D eigenvalue weighted by atomic mass is 19.1. The highest BCUT2D eigenvalue weighted by Crippen LogP contribution is 2.29. The van der Waals surface area contributed by atoms with E-state index in [1.807, 2.05) is 18.2 Å². The molecule has 3 N–H and O–H groups in total. The Bertz CT molecular complexity index is 1670. The van der Waals surface area contributed by atoms with Crippen LogP contribution in [0.15, 0.2) is 97.3 Å². The zero-order chi connectivity index (χ0) is 26.6. The lowest BCUT2D eigenvalue weighted by Crippen LogP contribution is -2.47. The van der Waals surface area contributed by atoms with E-state index in [2.05, 4.69) is 15.4 Å². The average molecular weight is 508 g/mol. The Morgan fingerprint density at radius 3 is 2.39 bits per heavy atom. The van der Waals surface area contributed by atoms with Crippen molar-refractivity contribution < 1.29 is 18.8 Å². The summed E-state index contributed by atoms with van der Waals surface area (Å²) in [5, 5.41) is 8.40. The third kappa shape index (κ3) is 4.90. The summed E-state index contributed by atoms with van der Waals surface area (Å²) < 4.78 is 15.7. The molecule has 0 aliphatic rings. The van der Waals surface area contributed by atoms with E-state index in [9.17, 15) is 18.8 Å². The van der Waals surface area contributed by atoms with E-state index in [1.54, 1.807) is 66.9 Å². The van der Waals surface area contributed by atoms with Gasteiger partial charge >= 0.3 is 0 Å². The predicted molar refractivity (Wildman–Crippen MR) is 140 cm³/mol. The standard InChI is InChI=1S/C29H22FN5O3/c30-23-13-12-21(19-9-4-5-10-20(19)23)24-14-16-35(34-24)28-22(11-6-15-32-28)29(38)33-25(26(36)27(31)37)17-18-7-2-1-3-8-18/h1-16,25H,17H2,(H2,31,37)(H,33,38). The van der Waals surface area contributed by atoms with Crippen molar-refractivity contribution in [3.8, 4) is 17.1 Å². The fourth-order valence-electron chi connectivity index (χ4n) is 4.29. The van der Waals surface area contributed by atoms with Crippen LogP contribution in [-0.2, 0) is 16.0 Å². The topological polar surface area (TPSA) is 120 Å². The number of primary amides is 1. The number of aromatic nitrogens is 3. The second-order valence-corrected chi connectivity index (χ2v) is 8.60. The molecule has 5 aromatic rings. The summed E-state index contributed by atoms with van der Waals surface area (Å²) in [6.07, 6.45) is 3.24. The molecule has 3 aromatic carbocycles. The summed E-state index contributed by atoms with van der Waals surface area (Å²) in [5.74, 6) is -2.78. The molecule has 0 bridgehead atoms. The lowest BCUT2D eigenvalue weighted by Gasteiger charge is -2.17. The summed E-state index contributed by atoms with van der Waals surface area (Å²) in [6, 6.07) is 22.8. The van der Waals surface area contributed by atoms with Gasteiger partial charge < -0.3 is 11.1 Å². The number of amides is 2. The number of benzene rings is 3. The Hall–Kier alpha value is -5.18. The van der Waals surface area contributed by atoms with Gasteiger partial charge in [-0.05, 0) is 41.3 Å². The minimum Gasteiger partial charge on any atom is -0.363 e. The molecule has 0 saturated carbocycles. The summed E-state index contributed by atoms with van der Waals surface area (Å²) >= 11 is 0. The zero-order valence-corrected chi connectivity index (χ0v) is 20.0. The first kappa shape index (κ1) is 24.5. The zero-order valence-electron chi connectivity index (χ0n) is 20.0. The lowest BCUT2D eigenvalue weighted by atomic mass is 10.0. The van der Waals surface area contributed by atoms with Crippen LogP contribution < -0.4 is 11.1 Å². The molecule has 0 fully saturated rings. The Balaban J connectivity index is 1.46. The van der Waals surface area contributed by atoms with Crippen molar-refractivity contribution in [2.75, 3.05) is 0 Å². The largest absolute Gasteiger partial charge is 0.363 e. The minimum atomic E-state index is -1.16. The number of ketones is 1. The monoisotopic (exact) mass is 507 g/mol. The van der Waals surface area contributed by atoms with E-state index in [4.69, 9.17) is 5.73 Å². The summed E-state index contributed by atoms with van der Waals surface area (Å²) in [7, 11) is 0. The molecule has 0 radical (unpaired) electrons. The Morgan fingerprint density at radius 2 is 1.63 bits per heavy atom. The molecule has 1 unspecified atom stereocenters. The van der Waals surface area contributed by atoms with Gasteiger partial charge in [-0.1, -0.05) is 54.6 Å².